The monoisotopic (exact) mass is 664 g/mol. The van der Waals surface area contributed by atoms with Gasteiger partial charge in [0.1, 0.15) is 13.2 Å². The van der Waals surface area contributed by atoms with Crippen LogP contribution < -0.4 is 5.32 Å². The van der Waals surface area contributed by atoms with E-state index in [1.807, 2.05) is 28.1 Å². The standard InChI is InChI=1S/C36H75N2O6P/c1-6-8-9-10-11-12-13-14-15-16-17-18-19-20-21-22-23-24-25-26-27-28-30-35(39)34(37-36(40)29-7-2)33-44-45(41,42)43-32-31-38(3,4)5/h34-35,39H,6-33H2,1-5H3,(H-,37,40,41,42)/p+1. The zero-order valence-electron chi connectivity index (χ0n) is 30.4. The number of hydrogen-bond acceptors (Lipinski definition) is 5. The number of quaternary nitrogens is 1. The third-order valence-electron chi connectivity index (χ3n) is 8.58. The van der Waals surface area contributed by atoms with Crippen molar-refractivity contribution in [2.75, 3.05) is 40.9 Å². The molecule has 0 saturated carbocycles. The maximum absolute atomic E-state index is 12.3. The predicted molar refractivity (Wildman–Crippen MR) is 189 cm³/mol. The Morgan fingerprint density at radius 2 is 1.07 bits per heavy atom. The summed E-state index contributed by atoms with van der Waals surface area (Å²) in [5.74, 6) is -0.196. The summed E-state index contributed by atoms with van der Waals surface area (Å²) in [5.41, 5.74) is 0. The van der Waals surface area contributed by atoms with Crippen LogP contribution in [0.3, 0.4) is 0 Å². The van der Waals surface area contributed by atoms with Crippen LogP contribution in [0.2, 0.25) is 0 Å². The smallest absolute Gasteiger partial charge is 0.391 e. The molecule has 9 heteroatoms. The Bertz CT molecular complexity index is 718. The van der Waals surface area contributed by atoms with Gasteiger partial charge < -0.3 is 19.8 Å². The largest absolute Gasteiger partial charge is 0.472 e. The van der Waals surface area contributed by atoms with Crippen LogP contribution in [-0.4, -0.2) is 73.4 Å². The molecule has 3 N–H and O–H groups in total. The number of likely N-dealkylation sites (N-methyl/N-ethyl adjacent to an activating group) is 1. The molecule has 0 aromatic heterocycles. The number of carbonyl (C=O) groups is 1. The molecule has 0 fully saturated rings. The number of amides is 1. The fourth-order valence-corrected chi connectivity index (χ4v) is 6.30. The molecular weight excluding hydrogens is 587 g/mol. The number of rotatable bonds is 34. The van der Waals surface area contributed by atoms with Crippen molar-refractivity contribution in [3.05, 3.63) is 0 Å². The molecule has 0 aliphatic rings. The van der Waals surface area contributed by atoms with E-state index in [2.05, 4.69) is 12.2 Å². The van der Waals surface area contributed by atoms with E-state index < -0.39 is 20.0 Å². The molecular formula is C36H76N2O6P+. The summed E-state index contributed by atoms with van der Waals surface area (Å²) in [5, 5.41) is 13.5. The Morgan fingerprint density at radius 1 is 0.667 bits per heavy atom. The van der Waals surface area contributed by atoms with E-state index in [0.717, 1.165) is 19.3 Å². The summed E-state index contributed by atoms with van der Waals surface area (Å²) >= 11 is 0. The van der Waals surface area contributed by atoms with E-state index >= 15 is 0 Å². The zero-order valence-corrected chi connectivity index (χ0v) is 31.3. The van der Waals surface area contributed by atoms with E-state index in [9.17, 15) is 19.4 Å². The Morgan fingerprint density at radius 3 is 1.44 bits per heavy atom. The van der Waals surface area contributed by atoms with Crippen molar-refractivity contribution in [1.29, 1.82) is 0 Å². The van der Waals surface area contributed by atoms with Crippen LogP contribution in [0.25, 0.3) is 0 Å². The molecule has 0 aromatic rings. The highest BCUT2D eigenvalue weighted by Gasteiger charge is 2.28. The molecule has 3 atom stereocenters. The fraction of sp³-hybridized carbons (Fsp3) is 0.972. The quantitative estimate of drug-likeness (QED) is 0.0360. The molecule has 0 radical (unpaired) electrons. The van der Waals surface area contributed by atoms with Gasteiger partial charge in [0, 0.05) is 6.42 Å². The summed E-state index contributed by atoms with van der Waals surface area (Å²) in [6, 6.07) is -0.749. The third-order valence-corrected chi connectivity index (χ3v) is 9.56. The summed E-state index contributed by atoms with van der Waals surface area (Å²) in [6.07, 6.45) is 30.0. The van der Waals surface area contributed by atoms with Gasteiger partial charge in [0.05, 0.1) is 39.9 Å². The number of carbonyl (C=O) groups excluding carboxylic acids is 1. The van der Waals surface area contributed by atoms with Gasteiger partial charge in [-0.15, -0.1) is 0 Å². The summed E-state index contributed by atoms with van der Waals surface area (Å²) in [4.78, 5) is 22.2. The number of hydrogen-bond donors (Lipinski definition) is 3. The minimum atomic E-state index is -4.27. The van der Waals surface area contributed by atoms with Crippen LogP contribution in [0, 0.1) is 0 Å². The molecule has 0 heterocycles. The van der Waals surface area contributed by atoms with Gasteiger partial charge in [-0.1, -0.05) is 155 Å². The number of phosphoric ester groups is 1. The summed E-state index contributed by atoms with van der Waals surface area (Å²) < 4.78 is 23.1. The average Bonchev–Trinajstić information content (AvgIpc) is 2.97. The molecule has 8 nitrogen and oxygen atoms in total. The van der Waals surface area contributed by atoms with Crippen LogP contribution in [0.5, 0.6) is 0 Å². The van der Waals surface area contributed by atoms with Crippen LogP contribution >= 0.6 is 7.82 Å². The second kappa shape index (κ2) is 29.6. The van der Waals surface area contributed by atoms with E-state index in [-0.39, 0.29) is 19.1 Å². The molecule has 45 heavy (non-hydrogen) atoms. The number of aliphatic hydroxyl groups is 1. The minimum Gasteiger partial charge on any atom is -0.391 e. The molecule has 0 bridgehead atoms. The molecule has 0 aliphatic carbocycles. The van der Waals surface area contributed by atoms with Gasteiger partial charge in [0.25, 0.3) is 0 Å². The summed E-state index contributed by atoms with van der Waals surface area (Å²) in [7, 11) is 1.61. The van der Waals surface area contributed by atoms with Crippen molar-refractivity contribution >= 4 is 13.7 Å². The number of aliphatic hydroxyl groups excluding tert-OH is 1. The maximum atomic E-state index is 12.3. The van der Waals surface area contributed by atoms with E-state index in [1.165, 1.54) is 122 Å². The highest BCUT2D eigenvalue weighted by Crippen LogP contribution is 2.43. The van der Waals surface area contributed by atoms with E-state index in [4.69, 9.17) is 9.05 Å². The molecule has 3 unspecified atom stereocenters. The van der Waals surface area contributed by atoms with Crippen molar-refractivity contribution in [1.82, 2.24) is 5.32 Å². The minimum absolute atomic E-state index is 0.0756. The molecule has 0 saturated heterocycles. The van der Waals surface area contributed by atoms with Gasteiger partial charge in [-0.25, -0.2) is 4.57 Å². The Hall–Kier alpha value is -0.500. The Balaban J connectivity index is 3.86. The van der Waals surface area contributed by atoms with Crippen molar-refractivity contribution in [3.8, 4) is 0 Å². The lowest BCUT2D eigenvalue weighted by Crippen LogP contribution is -2.46. The summed E-state index contributed by atoms with van der Waals surface area (Å²) in [6.45, 7) is 4.55. The van der Waals surface area contributed by atoms with Crippen molar-refractivity contribution in [2.24, 2.45) is 0 Å². The van der Waals surface area contributed by atoms with E-state index in [0.29, 0.717) is 30.3 Å². The second-order valence-corrected chi connectivity index (χ2v) is 15.8. The lowest BCUT2D eigenvalue weighted by atomic mass is 10.0. The molecule has 0 aliphatic heterocycles. The van der Waals surface area contributed by atoms with Crippen molar-refractivity contribution in [3.63, 3.8) is 0 Å². The van der Waals surface area contributed by atoms with Gasteiger partial charge in [0.15, 0.2) is 0 Å². The van der Waals surface area contributed by atoms with Crippen LogP contribution in [0.4, 0.5) is 0 Å². The SMILES string of the molecule is CCCCCCCCCCCCCCCCCCCCCCCCC(O)C(COP(=O)(O)OCC[N+](C)(C)C)NC(=O)CCC. The second-order valence-electron chi connectivity index (χ2n) is 14.3. The Labute approximate surface area is 279 Å². The topological polar surface area (TPSA) is 105 Å². The first-order valence-electron chi connectivity index (χ1n) is 18.9. The van der Waals surface area contributed by atoms with Gasteiger partial charge in [0.2, 0.25) is 5.91 Å². The highest BCUT2D eigenvalue weighted by molar-refractivity contribution is 7.47. The number of nitrogens with zero attached hydrogens (tertiary/aromatic N) is 1. The van der Waals surface area contributed by atoms with Crippen molar-refractivity contribution < 1.29 is 32.9 Å². The molecule has 0 rings (SSSR count). The first-order valence-corrected chi connectivity index (χ1v) is 20.4. The molecule has 1 amide bonds. The van der Waals surface area contributed by atoms with Gasteiger partial charge in [-0.2, -0.15) is 0 Å². The maximum Gasteiger partial charge on any atom is 0.472 e. The van der Waals surface area contributed by atoms with Crippen LogP contribution in [-0.2, 0) is 18.4 Å². The van der Waals surface area contributed by atoms with Crippen molar-refractivity contribution in [2.45, 2.75) is 187 Å². The Kier molecular flexibility index (Phi) is 29.3. The first kappa shape index (κ1) is 44.5. The fourth-order valence-electron chi connectivity index (χ4n) is 5.56. The van der Waals surface area contributed by atoms with Crippen LogP contribution in [0.15, 0.2) is 0 Å². The molecule has 0 aromatic carbocycles. The predicted octanol–water partition coefficient (Wildman–Crippen LogP) is 9.46. The number of unbranched alkanes of at least 4 members (excludes halogenated alkanes) is 21. The number of nitrogens with one attached hydrogen (secondary N) is 1. The lowest BCUT2D eigenvalue weighted by molar-refractivity contribution is -0.870. The molecule has 0 spiro atoms. The first-order chi connectivity index (χ1) is 21.5. The van der Waals surface area contributed by atoms with Crippen LogP contribution in [0.1, 0.15) is 174 Å². The van der Waals surface area contributed by atoms with Gasteiger partial charge >= 0.3 is 7.82 Å². The number of phosphoric acid groups is 1. The average molecular weight is 664 g/mol. The van der Waals surface area contributed by atoms with Gasteiger partial charge in [-0.05, 0) is 12.8 Å². The third kappa shape index (κ3) is 31.8. The van der Waals surface area contributed by atoms with Gasteiger partial charge in [-0.3, -0.25) is 13.8 Å². The zero-order chi connectivity index (χ0) is 33.7. The lowest BCUT2D eigenvalue weighted by Gasteiger charge is -2.26. The van der Waals surface area contributed by atoms with E-state index in [1.54, 1.807) is 0 Å². The normalized spacial score (nSPS) is 14.7. The molecule has 270 valence electrons. The highest BCUT2D eigenvalue weighted by atomic mass is 31.2.